The fraction of sp³-hybridized carbons (Fsp3) is 0.222. The van der Waals surface area contributed by atoms with Crippen LogP contribution in [0.3, 0.4) is 0 Å². The summed E-state index contributed by atoms with van der Waals surface area (Å²) < 4.78 is 0. The lowest BCUT2D eigenvalue weighted by Crippen LogP contribution is -2.32. The number of thiophene rings is 1. The standard InChI is InChI=1S/C18H16N4O3S/c19-9-14-13-3-1-2-4-15(13)26-18(14)21-16(24)17(25)22-20-10-11-5-7-12(23)8-6-11/h5-8,10,23H,1-4H2,(H,21,24)(H,22,25)/b20-10-. The Morgan fingerprint density at radius 2 is 1.92 bits per heavy atom. The average Bonchev–Trinajstić information content (AvgIpc) is 3.00. The fourth-order valence-corrected chi connectivity index (χ4v) is 3.94. The van der Waals surface area contributed by atoms with Gasteiger partial charge in [-0.15, -0.1) is 11.3 Å². The minimum Gasteiger partial charge on any atom is -0.508 e. The largest absolute Gasteiger partial charge is 0.508 e. The molecular formula is C18H16N4O3S. The zero-order chi connectivity index (χ0) is 18.5. The number of hydrazone groups is 1. The minimum absolute atomic E-state index is 0.123. The summed E-state index contributed by atoms with van der Waals surface area (Å²) in [7, 11) is 0. The lowest BCUT2D eigenvalue weighted by molar-refractivity contribution is -0.136. The molecule has 0 spiro atoms. The summed E-state index contributed by atoms with van der Waals surface area (Å²) in [6, 6.07) is 8.32. The summed E-state index contributed by atoms with van der Waals surface area (Å²) >= 11 is 1.36. The number of aromatic hydroxyl groups is 1. The number of phenols is 1. The number of fused-ring (bicyclic) bond motifs is 1. The number of carbonyl (C=O) groups is 2. The Bertz CT molecular complexity index is 910. The molecule has 0 atom stereocenters. The lowest BCUT2D eigenvalue weighted by atomic mass is 9.96. The number of nitrogens with one attached hydrogen (secondary N) is 2. The molecule has 0 aliphatic heterocycles. The van der Waals surface area contributed by atoms with Gasteiger partial charge in [0.2, 0.25) is 0 Å². The fourth-order valence-electron chi connectivity index (χ4n) is 2.71. The molecule has 8 heteroatoms. The van der Waals surface area contributed by atoms with Crippen LogP contribution in [0.2, 0.25) is 0 Å². The van der Waals surface area contributed by atoms with Gasteiger partial charge in [0, 0.05) is 4.88 Å². The lowest BCUT2D eigenvalue weighted by Gasteiger charge is -2.09. The van der Waals surface area contributed by atoms with Crippen LogP contribution in [0.15, 0.2) is 29.4 Å². The molecule has 0 fully saturated rings. The highest BCUT2D eigenvalue weighted by Gasteiger charge is 2.23. The van der Waals surface area contributed by atoms with Crippen molar-refractivity contribution in [3.05, 3.63) is 45.8 Å². The van der Waals surface area contributed by atoms with E-state index >= 15 is 0 Å². The van der Waals surface area contributed by atoms with Crippen LogP contribution in [-0.2, 0) is 22.4 Å². The van der Waals surface area contributed by atoms with E-state index in [4.69, 9.17) is 0 Å². The van der Waals surface area contributed by atoms with Gasteiger partial charge in [0.05, 0.1) is 11.8 Å². The Balaban J connectivity index is 1.63. The van der Waals surface area contributed by atoms with E-state index in [2.05, 4.69) is 21.9 Å². The summed E-state index contributed by atoms with van der Waals surface area (Å²) in [6.45, 7) is 0. The van der Waals surface area contributed by atoms with E-state index in [1.165, 1.54) is 29.7 Å². The van der Waals surface area contributed by atoms with Gasteiger partial charge < -0.3 is 10.4 Å². The number of phenolic OH excluding ortho intramolecular Hbond substituents is 1. The molecule has 0 radical (unpaired) electrons. The molecule has 1 aliphatic rings. The van der Waals surface area contributed by atoms with E-state index in [1.54, 1.807) is 12.1 Å². The number of nitrogens with zero attached hydrogens (tertiary/aromatic N) is 2. The smallest absolute Gasteiger partial charge is 0.329 e. The van der Waals surface area contributed by atoms with Crippen molar-refractivity contribution in [3.8, 4) is 11.8 Å². The molecular weight excluding hydrogens is 352 g/mol. The Labute approximate surface area is 154 Å². The maximum absolute atomic E-state index is 12.0. The Morgan fingerprint density at radius 3 is 2.65 bits per heavy atom. The normalized spacial score (nSPS) is 13.0. The van der Waals surface area contributed by atoms with Crippen LogP contribution in [0.1, 0.15) is 34.4 Å². The van der Waals surface area contributed by atoms with Crippen LogP contribution in [0, 0.1) is 11.3 Å². The van der Waals surface area contributed by atoms with Crippen LogP contribution in [-0.4, -0.2) is 23.1 Å². The molecule has 26 heavy (non-hydrogen) atoms. The Hall–Kier alpha value is -3.18. The molecule has 7 nitrogen and oxygen atoms in total. The van der Waals surface area contributed by atoms with Gasteiger partial charge in [0.1, 0.15) is 16.8 Å². The van der Waals surface area contributed by atoms with Gasteiger partial charge in [-0.3, -0.25) is 9.59 Å². The first kappa shape index (κ1) is 17.6. The third-order valence-electron chi connectivity index (χ3n) is 3.99. The Kier molecular flexibility index (Phi) is 5.29. The van der Waals surface area contributed by atoms with E-state index in [-0.39, 0.29) is 5.75 Å². The summed E-state index contributed by atoms with van der Waals surface area (Å²) in [4.78, 5) is 25.0. The van der Waals surface area contributed by atoms with E-state index in [0.29, 0.717) is 16.1 Å². The summed E-state index contributed by atoms with van der Waals surface area (Å²) in [5.74, 6) is -1.67. The number of hydrogen-bond acceptors (Lipinski definition) is 6. The van der Waals surface area contributed by atoms with E-state index in [0.717, 1.165) is 36.1 Å². The summed E-state index contributed by atoms with van der Waals surface area (Å²) in [6.07, 6.45) is 5.17. The van der Waals surface area contributed by atoms with Crippen LogP contribution in [0.4, 0.5) is 5.00 Å². The van der Waals surface area contributed by atoms with Gasteiger partial charge in [-0.2, -0.15) is 10.4 Å². The van der Waals surface area contributed by atoms with Crippen molar-refractivity contribution in [3.63, 3.8) is 0 Å². The SMILES string of the molecule is N#Cc1c(NC(=O)C(=O)N/N=C\c2ccc(O)cc2)sc2c1CCCC2. The van der Waals surface area contributed by atoms with Crippen molar-refractivity contribution in [1.29, 1.82) is 5.26 Å². The molecule has 2 aromatic rings. The van der Waals surface area contributed by atoms with Crippen molar-refractivity contribution in [1.82, 2.24) is 5.43 Å². The highest BCUT2D eigenvalue weighted by molar-refractivity contribution is 7.16. The first-order valence-electron chi connectivity index (χ1n) is 8.06. The maximum Gasteiger partial charge on any atom is 0.329 e. The van der Waals surface area contributed by atoms with E-state index < -0.39 is 11.8 Å². The first-order chi connectivity index (χ1) is 12.6. The van der Waals surface area contributed by atoms with Gasteiger partial charge in [-0.1, -0.05) is 0 Å². The molecule has 3 rings (SSSR count). The molecule has 3 N–H and O–H groups in total. The molecule has 0 saturated carbocycles. The summed E-state index contributed by atoms with van der Waals surface area (Å²) in [5.41, 5.74) is 4.24. The molecule has 0 unspecified atom stereocenters. The highest BCUT2D eigenvalue weighted by Crippen LogP contribution is 2.37. The van der Waals surface area contributed by atoms with Gasteiger partial charge in [0.25, 0.3) is 0 Å². The number of anilines is 1. The minimum atomic E-state index is -0.921. The van der Waals surface area contributed by atoms with Gasteiger partial charge in [-0.05, 0) is 61.1 Å². The number of amides is 2. The molecule has 0 saturated heterocycles. The van der Waals surface area contributed by atoms with Crippen LogP contribution < -0.4 is 10.7 Å². The van der Waals surface area contributed by atoms with Gasteiger partial charge >= 0.3 is 11.8 Å². The third-order valence-corrected chi connectivity index (χ3v) is 5.20. The average molecular weight is 368 g/mol. The number of aryl methyl sites for hydroxylation is 1. The second-order valence-corrected chi connectivity index (χ2v) is 6.88. The van der Waals surface area contributed by atoms with Crippen molar-refractivity contribution >= 4 is 34.4 Å². The first-order valence-corrected chi connectivity index (χ1v) is 8.88. The zero-order valence-electron chi connectivity index (χ0n) is 13.8. The molecule has 0 bridgehead atoms. The van der Waals surface area contributed by atoms with Crippen LogP contribution >= 0.6 is 11.3 Å². The number of nitriles is 1. The second kappa shape index (κ2) is 7.80. The van der Waals surface area contributed by atoms with Crippen molar-refractivity contribution < 1.29 is 14.7 Å². The second-order valence-electron chi connectivity index (χ2n) is 5.77. The number of carbonyl (C=O) groups excluding carboxylic acids is 2. The quantitative estimate of drug-likeness (QED) is 0.438. The number of hydrogen-bond donors (Lipinski definition) is 3. The molecule has 1 heterocycles. The topological polar surface area (TPSA) is 115 Å². The molecule has 1 aliphatic carbocycles. The van der Waals surface area contributed by atoms with Crippen LogP contribution in [0.5, 0.6) is 5.75 Å². The van der Waals surface area contributed by atoms with Crippen molar-refractivity contribution in [2.75, 3.05) is 5.32 Å². The number of rotatable bonds is 3. The monoisotopic (exact) mass is 368 g/mol. The van der Waals surface area contributed by atoms with Gasteiger partial charge in [-0.25, -0.2) is 5.43 Å². The van der Waals surface area contributed by atoms with Gasteiger partial charge in [0.15, 0.2) is 0 Å². The molecule has 132 valence electrons. The van der Waals surface area contributed by atoms with Crippen molar-refractivity contribution in [2.24, 2.45) is 5.10 Å². The highest BCUT2D eigenvalue weighted by atomic mass is 32.1. The van der Waals surface area contributed by atoms with E-state index in [9.17, 15) is 20.0 Å². The zero-order valence-corrected chi connectivity index (χ0v) is 14.6. The van der Waals surface area contributed by atoms with Crippen molar-refractivity contribution in [2.45, 2.75) is 25.7 Å². The maximum atomic E-state index is 12.0. The van der Waals surface area contributed by atoms with Crippen LogP contribution in [0.25, 0.3) is 0 Å². The van der Waals surface area contributed by atoms with E-state index in [1.807, 2.05) is 0 Å². The predicted molar refractivity (Wildman–Crippen MR) is 98.1 cm³/mol. The Morgan fingerprint density at radius 1 is 1.19 bits per heavy atom. The number of benzene rings is 1. The molecule has 1 aromatic heterocycles. The molecule has 1 aromatic carbocycles. The third kappa shape index (κ3) is 3.90. The predicted octanol–water partition coefficient (Wildman–Crippen LogP) is 2.29. The molecule has 2 amide bonds. The summed E-state index contributed by atoms with van der Waals surface area (Å²) in [5, 5.41) is 25.2.